The number of pyridine rings is 1. The average molecular weight is 298 g/mol. The number of carbonyl (C=O) groups excluding carboxylic acids is 3. The summed E-state index contributed by atoms with van der Waals surface area (Å²) in [5.74, 6) is -0.957. The zero-order chi connectivity index (χ0) is 15.9. The molecule has 7 nitrogen and oxygen atoms in total. The van der Waals surface area contributed by atoms with Gasteiger partial charge in [0.15, 0.2) is 5.78 Å². The zero-order valence-electron chi connectivity index (χ0n) is 11.8. The van der Waals surface area contributed by atoms with Crippen LogP contribution in [0.5, 0.6) is 0 Å². The summed E-state index contributed by atoms with van der Waals surface area (Å²) in [6.45, 7) is 1.31. The van der Waals surface area contributed by atoms with Gasteiger partial charge in [0.05, 0.1) is 5.56 Å². The maximum absolute atomic E-state index is 12.0. The van der Waals surface area contributed by atoms with Crippen LogP contribution in [0.4, 0.5) is 10.5 Å². The Bertz CT molecular complexity index is 701. The van der Waals surface area contributed by atoms with E-state index >= 15 is 0 Å². The van der Waals surface area contributed by atoms with Gasteiger partial charge in [0.1, 0.15) is 5.69 Å². The molecule has 0 aliphatic carbocycles. The number of nitrogens with one attached hydrogen (secondary N) is 3. The Morgan fingerprint density at radius 1 is 0.955 bits per heavy atom. The van der Waals surface area contributed by atoms with E-state index in [0.717, 1.165) is 0 Å². The van der Waals surface area contributed by atoms with Gasteiger partial charge in [-0.15, -0.1) is 0 Å². The lowest BCUT2D eigenvalue weighted by Gasteiger charge is -2.10. The van der Waals surface area contributed by atoms with Crippen LogP contribution in [-0.4, -0.2) is 22.7 Å². The molecule has 2 rings (SSSR count). The quantitative estimate of drug-likeness (QED) is 0.593. The number of carbonyl (C=O) groups is 3. The van der Waals surface area contributed by atoms with E-state index in [0.29, 0.717) is 5.69 Å². The van der Waals surface area contributed by atoms with E-state index in [1.807, 2.05) is 6.07 Å². The van der Waals surface area contributed by atoms with Gasteiger partial charge < -0.3 is 5.32 Å². The number of benzene rings is 1. The van der Waals surface area contributed by atoms with Gasteiger partial charge in [-0.1, -0.05) is 18.2 Å². The van der Waals surface area contributed by atoms with Crippen LogP contribution in [0.25, 0.3) is 0 Å². The lowest BCUT2D eigenvalue weighted by Crippen LogP contribution is -2.44. The fraction of sp³-hybridized carbons (Fsp3) is 0.0667. The molecule has 1 heterocycles. The largest absolute Gasteiger partial charge is 0.337 e. The molecule has 112 valence electrons. The number of anilines is 1. The number of urea groups is 1. The van der Waals surface area contributed by atoms with Crippen LogP contribution < -0.4 is 16.2 Å². The van der Waals surface area contributed by atoms with Crippen LogP contribution in [0, 0.1) is 0 Å². The van der Waals surface area contributed by atoms with E-state index in [1.54, 1.807) is 24.3 Å². The van der Waals surface area contributed by atoms with Crippen LogP contribution in [0.3, 0.4) is 0 Å². The van der Waals surface area contributed by atoms with E-state index in [2.05, 4.69) is 21.2 Å². The van der Waals surface area contributed by atoms with Crippen molar-refractivity contribution >= 4 is 23.4 Å². The van der Waals surface area contributed by atoms with Crippen molar-refractivity contribution in [2.24, 2.45) is 0 Å². The number of para-hydroxylation sites is 1. The van der Waals surface area contributed by atoms with Crippen LogP contribution in [0.1, 0.15) is 27.8 Å². The maximum atomic E-state index is 12.0. The number of aromatic nitrogens is 1. The molecule has 0 unspecified atom stereocenters. The van der Waals surface area contributed by atoms with Crippen molar-refractivity contribution < 1.29 is 14.4 Å². The van der Waals surface area contributed by atoms with Crippen molar-refractivity contribution in [3.8, 4) is 0 Å². The number of amides is 3. The highest BCUT2D eigenvalue weighted by Gasteiger charge is 2.15. The number of ketones is 1. The standard InChI is InChI=1S/C15H14N4O3/c1-10(20)13-12(8-5-9-16-13)14(21)18-19-15(22)17-11-6-3-2-4-7-11/h2-9H,1H3,(H,18,21)(H2,17,19,22). The van der Waals surface area contributed by atoms with Crippen LogP contribution in [0.15, 0.2) is 48.7 Å². The molecule has 0 aliphatic rings. The molecule has 0 atom stereocenters. The van der Waals surface area contributed by atoms with Crippen molar-refractivity contribution in [3.63, 3.8) is 0 Å². The number of rotatable bonds is 3. The van der Waals surface area contributed by atoms with Gasteiger partial charge >= 0.3 is 6.03 Å². The van der Waals surface area contributed by atoms with Crippen molar-refractivity contribution in [1.82, 2.24) is 15.8 Å². The Morgan fingerprint density at radius 2 is 1.68 bits per heavy atom. The van der Waals surface area contributed by atoms with E-state index in [9.17, 15) is 14.4 Å². The van der Waals surface area contributed by atoms with Crippen LogP contribution in [0.2, 0.25) is 0 Å². The van der Waals surface area contributed by atoms with Crippen LogP contribution in [-0.2, 0) is 0 Å². The molecule has 0 aliphatic heterocycles. The topological polar surface area (TPSA) is 100 Å². The Balaban J connectivity index is 1.96. The number of hydrogen-bond donors (Lipinski definition) is 3. The first-order chi connectivity index (χ1) is 10.6. The predicted molar refractivity (Wildman–Crippen MR) is 80.3 cm³/mol. The first-order valence-corrected chi connectivity index (χ1v) is 6.46. The highest BCUT2D eigenvalue weighted by Crippen LogP contribution is 2.06. The van der Waals surface area contributed by atoms with E-state index in [4.69, 9.17) is 0 Å². The summed E-state index contributed by atoms with van der Waals surface area (Å²) >= 11 is 0. The summed E-state index contributed by atoms with van der Waals surface area (Å²) in [4.78, 5) is 38.9. The minimum Gasteiger partial charge on any atom is -0.307 e. The fourth-order valence-corrected chi connectivity index (χ4v) is 1.73. The summed E-state index contributed by atoms with van der Waals surface area (Å²) < 4.78 is 0. The Kier molecular flexibility index (Phi) is 4.81. The molecule has 1 aromatic carbocycles. The fourth-order valence-electron chi connectivity index (χ4n) is 1.73. The third kappa shape index (κ3) is 3.89. The van der Waals surface area contributed by atoms with Gasteiger partial charge in [0.25, 0.3) is 5.91 Å². The van der Waals surface area contributed by atoms with Gasteiger partial charge in [-0.05, 0) is 24.3 Å². The SMILES string of the molecule is CC(=O)c1ncccc1C(=O)NNC(=O)Nc1ccccc1. The second-order valence-electron chi connectivity index (χ2n) is 4.36. The number of hydrogen-bond acceptors (Lipinski definition) is 4. The molecule has 1 aromatic heterocycles. The molecular weight excluding hydrogens is 284 g/mol. The molecule has 3 N–H and O–H groups in total. The molecule has 2 aromatic rings. The molecule has 0 bridgehead atoms. The lowest BCUT2D eigenvalue weighted by atomic mass is 10.1. The number of nitrogens with zero attached hydrogens (tertiary/aromatic N) is 1. The number of hydrazine groups is 1. The molecule has 22 heavy (non-hydrogen) atoms. The van der Waals surface area contributed by atoms with Gasteiger partial charge in [0.2, 0.25) is 0 Å². The van der Waals surface area contributed by atoms with Gasteiger partial charge in [-0.25, -0.2) is 10.2 Å². The summed E-state index contributed by atoms with van der Waals surface area (Å²) in [6, 6.07) is 11.1. The average Bonchev–Trinajstić information content (AvgIpc) is 2.53. The van der Waals surface area contributed by atoms with Crippen molar-refractivity contribution in [3.05, 3.63) is 59.9 Å². The Labute approximate surface area is 126 Å². The first-order valence-electron chi connectivity index (χ1n) is 6.46. The van der Waals surface area contributed by atoms with Crippen LogP contribution >= 0.6 is 0 Å². The molecule has 7 heteroatoms. The first kappa shape index (κ1) is 15.2. The second kappa shape index (κ2) is 6.98. The predicted octanol–water partition coefficient (Wildman–Crippen LogP) is 1.75. The minimum absolute atomic E-state index is 0.0465. The highest BCUT2D eigenvalue weighted by atomic mass is 16.2. The molecular formula is C15H14N4O3. The third-order valence-corrected chi connectivity index (χ3v) is 2.71. The van der Waals surface area contributed by atoms with Gasteiger partial charge in [-0.3, -0.25) is 20.0 Å². The number of Topliss-reactive ketones (excluding diaryl/α,β-unsaturated/α-hetero) is 1. The van der Waals surface area contributed by atoms with Crippen molar-refractivity contribution in [1.29, 1.82) is 0 Å². The van der Waals surface area contributed by atoms with E-state index < -0.39 is 11.9 Å². The molecule has 0 saturated heterocycles. The minimum atomic E-state index is -0.624. The summed E-state index contributed by atoms with van der Waals surface area (Å²) in [6.07, 6.45) is 1.42. The molecule has 0 radical (unpaired) electrons. The Hall–Kier alpha value is -3.22. The monoisotopic (exact) mass is 298 g/mol. The molecule has 3 amide bonds. The molecule has 0 saturated carbocycles. The summed E-state index contributed by atoms with van der Waals surface area (Å²) in [5, 5.41) is 2.54. The van der Waals surface area contributed by atoms with Crippen molar-refractivity contribution in [2.75, 3.05) is 5.32 Å². The normalized spacial score (nSPS) is 9.68. The smallest absolute Gasteiger partial charge is 0.307 e. The highest BCUT2D eigenvalue weighted by molar-refractivity contribution is 6.06. The van der Waals surface area contributed by atoms with E-state index in [-0.39, 0.29) is 17.0 Å². The molecule has 0 fully saturated rings. The second-order valence-corrected chi connectivity index (χ2v) is 4.36. The maximum Gasteiger partial charge on any atom is 0.337 e. The lowest BCUT2D eigenvalue weighted by molar-refractivity contribution is 0.0924. The molecule has 0 spiro atoms. The Morgan fingerprint density at radius 3 is 2.36 bits per heavy atom. The van der Waals surface area contributed by atoms with Gasteiger partial charge in [-0.2, -0.15) is 0 Å². The van der Waals surface area contributed by atoms with Gasteiger partial charge in [0, 0.05) is 18.8 Å². The summed E-state index contributed by atoms with van der Waals surface area (Å²) in [7, 11) is 0. The third-order valence-electron chi connectivity index (χ3n) is 2.71. The summed E-state index contributed by atoms with van der Waals surface area (Å²) in [5.41, 5.74) is 5.15. The van der Waals surface area contributed by atoms with E-state index in [1.165, 1.54) is 25.3 Å². The van der Waals surface area contributed by atoms with Crippen molar-refractivity contribution in [2.45, 2.75) is 6.92 Å². The zero-order valence-corrected chi connectivity index (χ0v) is 11.8.